The van der Waals surface area contributed by atoms with Gasteiger partial charge in [-0.15, -0.1) is 0 Å². The van der Waals surface area contributed by atoms with Crippen LogP contribution in [0.1, 0.15) is 33.6 Å². The fraction of sp³-hybridized carbons (Fsp3) is 0.556. The number of carbonyl (C=O) groups excluding carboxylic acids is 2. The van der Waals surface area contributed by atoms with Crippen molar-refractivity contribution < 1.29 is 9.59 Å². The van der Waals surface area contributed by atoms with Crippen LogP contribution in [0.5, 0.6) is 0 Å². The minimum Gasteiger partial charge on any atom is -0.371 e. The van der Waals surface area contributed by atoms with E-state index in [1.807, 2.05) is 32.0 Å². The Kier molecular flexibility index (Phi) is 5.22. The van der Waals surface area contributed by atoms with Gasteiger partial charge in [-0.05, 0) is 45.7 Å². The Morgan fingerprint density at radius 1 is 1.09 bits per heavy atom. The summed E-state index contributed by atoms with van der Waals surface area (Å²) in [6, 6.07) is 10.2. The van der Waals surface area contributed by atoms with Crippen LogP contribution in [0.25, 0.3) is 0 Å². The Hall–Kier alpha value is -1.84. The SMILES string of the molecule is CCN(CC)C(=O)C1(C(C)=O)CCN(c2ccccc2)CC1. The van der Waals surface area contributed by atoms with E-state index in [1.54, 1.807) is 11.8 Å². The van der Waals surface area contributed by atoms with Crippen molar-refractivity contribution in [1.82, 2.24) is 4.90 Å². The molecule has 0 spiro atoms. The number of para-hydroxylation sites is 1. The molecule has 1 saturated heterocycles. The lowest BCUT2D eigenvalue weighted by atomic mass is 9.74. The number of anilines is 1. The highest BCUT2D eigenvalue weighted by Gasteiger charge is 2.47. The Bertz CT molecular complexity index is 515. The third kappa shape index (κ3) is 3.01. The van der Waals surface area contributed by atoms with Gasteiger partial charge in [0, 0.05) is 31.9 Å². The van der Waals surface area contributed by atoms with Crippen molar-refractivity contribution in [2.75, 3.05) is 31.1 Å². The molecule has 4 heteroatoms. The van der Waals surface area contributed by atoms with Crippen LogP contribution in [-0.4, -0.2) is 42.8 Å². The fourth-order valence-electron chi connectivity index (χ4n) is 3.32. The first kappa shape index (κ1) is 16.5. The molecule has 0 N–H and O–H groups in total. The molecule has 0 bridgehead atoms. The highest BCUT2D eigenvalue weighted by molar-refractivity contribution is 6.05. The summed E-state index contributed by atoms with van der Waals surface area (Å²) in [4.78, 5) is 29.2. The van der Waals surface area contributed by atoms with Gasteiger partial charge in [-0.2, -0.15) is 0 Å². The topological polar surface area (TPSA) is 40.6 Å². The Morgan fingerprint density at radius 2 is 1.64 bits per heavy atom. The van der Waals surface area contributed by atoms with Crippen LogP contribution in [0.15, 0.2) is 30.3 Å². The zero-order valence-corrected chi connectivity index (χ0v) is 13.8. The van der Waals surface area contributed by atoms with Crippen LogP contribution in [0.2, 0.25) is 0 Å². The predicted molar refractivity (Wildman–Crippen MR) is 88.9 cm³/mol. The van der Waals surface area contributed by atoms with Gasteiger partial charge in [0.25, 0.3) is 0 Å². The lowest BCUT2D eigenvalue weighted by molar-refractivity contribution is -0.150. The van der Waals surface area contributed by atoms with Crippen molar-refractivity contribution in [2.45, 2.75) is 33.6 Å². The minimum absolute atomic E-state index is 0.0112. The molecular formula is C18H26N2O2. The smallest absolute Gasteiger partial charge is 0.236 e. The van der Waals surface area contributed by atoms with Crippen LogP contribution < -0.4 is 4.90 Å². The second-order valence-electron chi connectivity index (χ2n) is 5.94. The zero-order chi connectivity index (χ0) is 16.2. The third-order valence-corrected chi connectivity index (χ3v) is 4.87. The second-order valence-corrected chi connectivity index (χ2v) is 5.94. The van der Waals surface area contributed by atoms with E-state index in [0.29, 0.717) is 25.9 Å². The van der Waals surface area contributed by atoms with Crippen LogP contribution in [0.3, 0.4) is 0 Å². The number of nitrogens with zero attached hydrogens (tertiary/aromatic N) is 2. The van der Waals surface area contributed by atoms with E-state index in [0.717, 1.165) is 18.8 Å². The summed E-state index contributed by atoms with van der Waals surface area (Å²) >= 11 is 0. The van der Waals surface area contributed by atoms with Gasteiger partial charge in [-0.3, -0.25) is 9.59 Å². The lowest BCUT2D eigenvalue weighted by Gasteiger charge is -2.42. The highest BCUT2D eigenvalue weighted by Crippen LogP contribution is 2.36. The van der Waals surface area contributed by atoms with E-state index in [9.17, 15) is 9.59 Å². The van der Waals surface area contributed by atoms with E-state index < -0.39 is 5.41 Å². The molecular weight excluding hydrogens is 276 g/mol. The maximum Gasteiger partial charge on any atom is 0.236 e. The third-order valence-electron chi connectivity index (χ3n) is 4.87. The van der Waals surface area contributed by atoms with Gasteiger partial charge in [-0.25, -0.2) is 0 Å². The summed E-state index contributed by atoms with van der Waals surface area (Å²) in [5.41, 5.74) is 0.340. The van der Waals surface area contributed by atoms with E-state index in [2.05, 4.69) is 17.0 Å². The standard InChI is InChI=1S/C18H26N2O2/c1-4-19(5-2)17(22)18(15(3)21)11-13-20(14-12-18)16-9-7-6-8-10-16/h6-10H,4-5,11-14H2,1-3H3. The zero-order valence-electron chi connectivity index (χ0n) is 13.8. The lowest BCUT2D eigenvalue weighted by Crippen LogP contribution is -2.53. The molecule has 0 unspecified atom stereocenters. The van der Waals surface area contributed by atoms with Crippen molar-refractivity contribution >= 4 is 17.4 Å². The molecule has 0 atom stereocenters. The van der Waals surface area contributed by atoms with Gasteiger partial charge in [0.1, 0.15) is 11.2 Å². The molecule has 22 heavy (non-hydrogen) atoms. The van der Waals surface area contributed by atoms with Crippen LogP contribution >= 0.6 is 0 Å². The average Bonchev–Trinajstić information content (AvgIpc) is 2.56. The Labute approximate surface area is 133 Å². The minimum atomic E-state index is -0.822. The van der Waals surface area contributed by atoms with E-state index in [4.69, 9.17) is 0 Å². The van der Waals surface area contributed by atoms with Crippen molar-refractivity contribution in [3.05, 3.63) is 30.3 Å². The number of ketones is 1. The average molecular weight is 302 g/mol. The van der Waals surface area contributed by atoms with Gasteiger partial charge in [0.15, 0.2) is 0 Å². The molecule has 0 saturated carbocycles. The molecule has 1 aromatic carbocycles. The molecule has 0 radical (unpaired) electrons. The van der Waals surface area contributed by atoms with Gasteiger partial charge in [0.05, 0.1) is 0 Å². The van der Waals surface area contributed by atoms with E-state index in [1.165, 1.54) is 0 Å². The van der Waals surface area contributed by atoms with Gasteiger partial charge >= 0.3 is 0 Å². The number of carbonyl (C=O) groups is 2. The molecule has 1 amide bonds. The predicted octanol–water partition coefficient (Wildman–Crippen LogP) is 2.73. The van der Waals surface area contributed by atoms with E-state index >= 15 is 0 Å². The normalized spacial score (nSPS) is 17.1. The number of hydrogen-bond donors (Lipinski definition) is 0. The van der Waals surface area contributed by atoms with Crippen molar-refractivity contribution in [2.24, 2.45) is 5.41 Å². The summed E-state index contributed by atoms with van der Waals surface area (Å²) in [5.74, 6) is 0.0230. The maximum atomic E-state index is 12.9. The van der Waals surface area contributed by atoms with Gasteiger partial charge in [0.2, 0.25) is 5.91 Å². The molecule has 1 heterocycles. The number of amides is 1. The quantitative estimate of drug-likeness (QED) is 0.785. The summed E-state index contributed by atoms with van der Waals surface area (Å²) in [5, 5.41) is 0. The molecule has 1 aliphatic rings. The second kappa shape index (κ2) is 6.95. The van der Waals surface area contributed by atoms with Gasteiger partial charge < -0.3 is 9.80 Å². The van der Waals surface area contributed by atoms with Crippen LogP contribution in [-0.2, 0) is 9.59 Å². The summed E-state index contributed by atoms with van der Waals surface area (Å²) in [7, 11) is 0. The molecule has 1 aliphatic heterocycles. The first-order valence-corrected chi connectivity index (χ1v) is 8.15. The first-order chi connectivity index (χ1) is 10.5. The fourth-order valence-corrected chi connectivity index (χ4v) is 3.32. The molecule has 4 nitrogen and oxygen atoms in total. The monoisotopic (exact) mass is 302 g/mol. The summed E-state index contributed by atoms with van der Waals surface area (Å²) < 4.78 is 0. The number of hydrogen-bond acceptors (Lipinski definition) is 3. The maximum absolute atomic E-state index is 12.9. The van der Waals surface area contributed by atoms with Crippen molar-refractivity contribution in [3.63, 3.8) is 0 Å². The molecule has 1 aromatic rings. The summed E-state index contributed by atoms with van der Waals surface area (Å²) in [6.07, 6.45) is 1.21. The number of benzene rings is 1. The largest absolute Gasteiger partial charge is 0.371 e. The molecule has 0 aliphatic carbocycles. The number of piperidine rings is 1. The molecule has 1 fully saturated rings. The van der Waals surface area contributed by atoms with Crippen LogP contribution in [0.4, 0.5) is 5.69 Å². The summed E-state index contributed by atoms with van der Waals surface area (Å²) in [6.45, 7) is 8.31. The number of rotatable bonds is 5. The van der Waals surface area contributed by atoms with Crippen LogP contribution in [0, 0.1) is 5.41 Å². The molecule has 2 rings (SSSR count). The Morgan fingerprint density at radius 3 is 2.09 bits per heavy atom. The van der Waals surface area contributed by atoms with E-state index in [-0.39, 0.29) is 11.7 Å². The molecule has 0 aromatic heterocycles. The highest BCUT2D eigenvalue weighted by atomic mass is 16.2. The van der Waals surface area contributed by atoms with Crippen molar-refractivity contribution in [3.8, 4) is 0 Å². The molecule has 120 valence electrons. The number of Topliss-reactive ketones (excluding diaryl/α,β-unsaturated/α-hetero) is 1. The Balaban J connectivity index is 2.16. The first-order valence-electron chi connectivity index (χ1n) is 8.15. The van der Waals surface area contributed by atoms with Gasteiger partial charge in [-0.1, -0.05) is 18.2 Å². The van der Waals surface area contributed by atoms with Crippen molar-refractivity contribution in [1.29, 1.82) is 0 Å².